The predicted molar refractivity (Wildman–Crippen MR) is 87.7 cm³/mol. The SMILES string of the molecule is COCC(C)(C)NCc1cc(C)c2oc(C(C)C)nc2c1.[HH]. The molecule has 0 saturated heterocycles. The number of ether oxygens (including phenoxy) is 1. The maximum Gasteiger partial charge on any atom is 0.198 e. The normalized spacial score (nSPS) is 12.5. The monoisotopic (exact) mass is 292 g/mol. The van der Waals surface area contributed by atoms with Crippen LogP contribution in [0.3, 0.4) is 0 Å². The van der Waals surface area contributed by atoms with E-state index in [4.69, 9.17) is 9.15 Å². The first-order valence-electron chi connectivity index (χ1n) is 7.46. The molecule has 0 aliphatic heterocycles. The summed E-state index contributed by atoms with van der Waals surface area (Å²) in [7, 11) is 1.72. The fourth-order valence-electron chi connectivity index (χ4n) is 2.39. The molecule has 0 unspecified atom stereocenters. The molecule has 0 amide bonds. The quantitative estimate of drug-likeness (QED) is 0.873. The summed E-state index contributed by atoms with van der Waals surface area (Å²) in [5.74, 6) is 1.11. The largest absolute Gasteiger partial charge is 0.440 e. The fourth-order valence-corrected chi connectivity index (χ4v) is 2.39. The van der Waals surface area contributed by atoms with Gasteiger partial charge >= 0.3 is 0 Å². The minimum Gasteiger partial charge on any atom is -0.440 e. The number of benzene rings is 1. The van der Waals surface area contributed by atoms with Gasteiger partial charge in [0.05, 0.1) is 6.61 Å². The van der Waals surface area contributed by atoms with E-state index in [0.717, 1.165) is 29.1 Å². The second kappa shape index (κ2) is 6.16. The molecule has 4 nitrogen and oxygen atoms in total. The van der Waals surface area contributed by atoms with Crippen LogP contribution in [0.1, 0.15) is 52.1 Å². The molecular weight excluding hydrogens is 264 g/mol. The molecule has 0 spiro atoms. The van der Waals surface area contributed by atoms with Gasteiger partial charge in [-0.05, 0) is 38.0 Å². The Hall–Kier alpha value is -1.39. The molecule has 0 aliphatic rings. The summed E-state index contributed by atoms with van der Waals surface area (Å²) in [6.45, 7) is 12.0. The number of hydrogen-bond acceptors (Lipinski definition) is 4. The number of aryl methyl sites for hydroxylation is 1. The lowest BCUT2D eigenvalue weighted by Gasteiger charge is -2.25. The maximum absolute atomic E-state index is 5.85. The van der Waals surface area contributed by atoms with E-state index in [1.807, 2.05) is 0 Å². The van der Waals surface area contributed by atoms with Crippen LogP contribution in [-0.2, 0) is 11.3 Å². The highest BCUT2D eigenvalue weighted by atomic mass is 16.5. The fraction of sp³-hybridized carbons (Fsp3) is 0.588. The molecule has 1 aromatic heterocycles. The standard InChI is InChI=1S/C17H26N2O2.H2/c1-11(2)16-19-14-8-13(7-12(3)15(14)21-16)9-18-17(4,5)10-20-6;/h7-8,11,18H,9-10H2,1-6H3;1H. The summed E-state index contributed by atoms with van der Waals surface area (Å²) in [6, 6.07) is 4.26. The lowest BCUT2D eigenvalue weighted by atomic mass is 10.1. The molecular formula is C17H28N2O2. The lowest BCUT2D eigenvalue weighted by molar-refractivity contribution is 0.128. The molecule has 0 saturated carbocycles. The van der Waals surface area contributed by atoms with Crippen LogP contribution in [0.2, 0.25) is 0 Å². The van der Waals surface area contributed by atoms with Gasteiger partial charge in [-0.2, -0.15) is 0 Å². The van der Waals surface area contributed by atoms with E-state index in [1.165, 1.54) is 5.56 Å². The van der Waals surface area contributed by atoms with E-state index < -0.39 is 0 Å². The molecule has 21 heavy (non-hydrogen) atoms. The zero-order valence-corrected chi connectivity index (χ0v) is 13.9. The van der Waals surface area contributed by atoms with E-state index in [0.29, 0.717) is 12.5 Å². The third-order valence-electron chi connectivity index (χ3n) is 3.52. The van der Waals surface area contributed by atoms with E-state index >= 15 is 0 Å². The summed E-state index contributed by atoms with van der Waals surface area (Å²) in [5.41, 5.74) is 4.14. The number of fused-ring (bicyclic) bond motifs is 1. The summed E-state index contributed by atoms with van der Waals surface area (Å²) in [4.78, 5) is 4.60. The highest BCUT2D eigenvalue weighted by Crippen LogP contribution is 2.25. The lowest BCUT2D eigenvalue weighted by Crippen LogP contribution is -2.42. The highest BCUT2D eigenvalue weighted by Gasteiger charge is 2.17. The van der Waals surface area contributed by atoms with Crippen molar-refractivity contribution in [2.45, 2.75) is 52.6 Å². The smallest absolute Gasteiger partial charge is 0.198 e. The molecule has 2 aromatic rings. The first kappa shape index (κ1) is 16.0. The Morgan fingerprint density at radius 1 is 1.38 bits per heavy atom. The number of hydrogen-bond donors (Lipinski definition) is 1. The van der Waals surface area contributed by atoms with Gasteiger partial charge in [-0.3, -0.25) is 0 Å². The Morgan fingerprint density at radius 2 is 2.10 bits per heavy atom. The van der Waals surface area contributed by atoms with Gasteiger partial charge in [-0.25, -0.2) is 4.98 Å². The topological polar surface area (TPSA) is 47.3 Å². The van der Waals surface area contributed by atoms with Gasteiger partial charge < -0.3 is 14.5 Å². The molecule has 0 aliphatic carbocycles. The van der Waals surface area contributed by atoms with E-state index in [2.05, 4.69) is 57.1 Å². The highest BCUT2D eigenvalue weighted by molar-refractivity contribution is 5.77. The Morgan fingerprint density at radius 3 is 2.71 bits per heavy atom. The molecule has 0 fully saturated rings. The summed E-state index contributed by atoms with van der Waals surface area (Å²) >= 11 is 0. The number of oxazole rings is 1. The molecule has 2 rings (SSSR count). The van der Waals surface area contributed by atoms with Gasteiger partial charge in [0.15, 0.2) is 11.5 Å². The van der Waals surface area contributed by atoms with E-state index in [-0.39, 0.29) is 6.97 Å². The molecule has 0 atom stereocenters. The van der Waals surface area contributed by atoms with Crippen LogP contribution in [0.15, 0.2) is 16.5 Å². The number of rotatable bonds is 6. The minimum atomic E-state index is -0.0511. The van der Waals surface area contributed by atoms with Gasteiger partial charge in [0.25, 0.3) is 0 Å². The maximum atomic E-state index is 5.85. The first-order valence-corrected chi connectivity index (χ1v) is 7.46. The van der Waals surface area contributed by atoms with Crippen molar-refractivity contribution in [2.24, 2.45) is 0 Å². The minimum absolute atomic E-state index is 0. The average molecular weight is 292 g/mol. The third-order valence-corrected chi connectivity index (χ3v) is 3.52. The average Bonchev–Trinajstić information content (AvgIpc) is 2.81. The number of nitrogens with zero attached hydrogens (tertiary/aromatic N) is 1. The Kier molecular flexibility index (Phi) is 4.69. The van der Waals surface area contributed by atoms with Gasteiger partial charge in [-0.15, -0.1) is 0 Å². The van der Waals surface area contributed by atoms with Crippen molar-refractivity contribution < 1.29 is 10.6 Å². The van der Waals surface area contributed by atoms with Crippen LogP contribution >= 0.6 is 0 Å². The van der Waals surface area contributed by atoms with Crippen LogP contribution in [0, 0.1) is 6.92 Å². The zero-order valence-electron chi connectivity index (χ0n) is 13.9. The van der Waals surface area contributed by atoms with Crippen molar-refractivity contribution in [1.29, 1.82) is 0 Å². The molecule has 0 radical (unpaired) electrons. The Balaban J connectivity index is 0.00000242. The second-order valence-corrected chi connectivity index (χ2v) is 6.64. The van der Waals surface area contributed by atoms with Crippen molar-refractivity contribution >= 4 is 11.1 Å². The van der Waals surface area contributed by atoms with Crippen molar-refractivity contribution in [3.63, 3.8) is 0 Å². The van der Waals surface area contributed by atoms with Crippen LogP contribution in [0.4, 0.5) is 0 Å². The van der Waals surface area contributed by atoms with Crippen molar-refractivity contribution in [3.05, 3.63) is 29.2 Å². The molecule has 118 valence electrons. The number of aromatic nitrogens is 1. The van der Waals surface area contributed by atoms with Crippen LogP contribution in [0.5, 0.6) is 0 Å². The van der Waals surface area contributed by atoms with Crippen molar-refractivity contribution in [3.8, 4) is 0 Å². The molecule has 1 N–H and O–H groups in total. The first-order chi connectivity index (χ1) is 9.82. The third kappa shape index (κ3) is 3.83. The molecule has 1 aromatic carbocycles. The molecule has 1 heterocycles. The summed E-state index contributed by atoms with van der Waals surface area (Å²) in [5, 5.41) is 3.51. The van der Waals surface area contributed by atoms with Crippen LogP contribution in [-0.4, -0.2) is 24.2 Å². The Labute approximate surface area is 128 Å². The van der Waals surface area contributed by atoms with E-state index in [1.54, 1.807) is 7.11 Å². The van der Waals surface area contributed by atoms with Crippen LogP contribution in [0.25, 0.3) is 11.1 Å². The van der Waals surface area contributed by atoms with Gasteiger partial charge in [-0.1, -0.05) is 19.9 Å². The van der Waals surface area contributed by atoms with Crippen molar-refractivity contribution in [2.75, 3.05) is 13.7 Å². The van der Waals surface area contributed by atoms with Crippen LogP contribution < -0.4 is 5.32 Å². The zero-order chi connectivity index (χ0) is 15.6. The van der Waals surface area contributed by atoms with Crippen molar-refractivity contribution in [1.82, 2.24) is 10.3 Å². The van der Waals surface area contributed by atoms with Gasteiger partial charge in [0.1, 0.15) is 5.52 Å². The van der Waals surface area contributed by atoms with Gasteiger partial charge in [0.2, 0.25) is 0 Å². The summed E-state index contributed by atoms with van der Waals surface area (Å²) in [6.07, 6.45) is 0. The predicted octanol–water partition coefficient (Wildman–Crippen LogP) is 4.02. The molecule has 0 bridgehead atoms. The Bertz CT molecular complexity index is 620. The second-order valence-electron chi connectivity index (χ2n) is 6.64. The molecule has 4 heteroatoms. The summed E-state index contributed by atoms with van der Waals surface area (Å²) < 4.78 is 11.1. The number of nitrogens with one attached hydrogen (secondary N) is 1. The van der Waals surface area contributed by atoms with Gasteiger partial charge in [0, 0.05) is 26.5 Å². The number of methoxy groups -OCH3 is 1. The van der Waals surface area contributed by atoms with E-state index in [9.17, 15) is 0 Å².